The van der Waals surface area contributed by atoms with E-state index < -0.39 is 9.84 Å². The van der Waals surface area contributed by atoms with E-state index in [0.717, 1.165) is 35.8 Å². The molecule has 29 heavy (non-hydrogen) atoms. The Labute approximate surface area is 170 Å². The molecule has 3 aromatic rings. The smallest absolute Gasteiger partial charge is 0.255 e. The average Bonchev–Trinajstić information content (AvgIpc) is 2.74. The Morgan fingerprint density at radius 3 is 2.38 bits per heavy atom. The number of piperidine rings is 1. The summed E-state index contributed by atoms with van der Waals surface area (Å²) in [5, 5.41) is 4.89. The van der Waals surface area contributed by atoms with Gasteiger partial charge in [-0.15, -0.1) is 0 Å². The summed E-state index contributed by atoms with van der Waals surface area (Å²) in [5.74, 6) is -0.291. The molecule has 150 valence electrons. The number of hydrogen-bond acceptors (Lipinski definition) is 5. The van der Waals surface area contributed by atoms with Gasteiger partial charge in [-0.25, -0.2) is 8.42 Å². The van der Waals surface area contributed by atoms with Crippen LogP contribution in [0.4, 0.5) is 11.4 Å². The summed E-state index contributed by atoms with van der Waals surface area (Å²) in [5.41, 5.74) is 2.25. The summed E-state index contributed by atoms with van der Waals surface area (Å²) < 4.78 is 23.2. The zero-order valence-corrected chi connectivity index (χ0v) is 17.1. The van der Waals surface area contributed by atoms with Crippen LogP contribution in [0.15, 0.2) is 59.8 Å². The first kappa shape index (κ1) is 19.4. The summed E-state index contributed by atoms with van der Waals surface area (Å²) in [7, 11) is -3.29. The van der Waals surface area contributed by atoms with Crippen molar-refractivity contribution in [2.75, 3.05) is 29.6 Å². The summed E-state index contributed by atoms with van der Waals surface area (Å²) in [4.78, 5) is 19.5. The summed E-state index contributed by atoms with van der Waals surface area (Å²) in [6.45, 7) is 2.08. The first-order valence-corrected chi connectivity index (χ1v) is 11.6. The fourth-order valence-electron chi connectivity index (χ4n) is 3.74. The first-order chi connectivity index (χ1) is 13.9. The van der Waals surface area contributed by atoms with E-state index >= 15 is 0 Å². The molecule has 1 N–H and O–H groups in total. The van der Waals surface area contributed by atoms with Gasteiger partial charge in [0.2, 0.25) is 0 Å². The largest absolute Gasteiger partial charge is 0.371 e. The number of hydrogen-bond donors (Lipinski definition) is 1. The molecule has 1 aliphatic rings. The predicted octanol–water partition coefficient (Wildman–Crippen LogP) is 3.88. The number of nitrogens with zero attached hydrogens (tertiary/aromatic N) is 2. The third-order valence-electron chi connectivity index (χ3n) is 5.28. The molecular weight excluding hydrogens is 386 g/mol. The van der Waals surface area contributed by atoms with Gasteiger partial charge in [-0.1, -0.05) is 0 Å². The average molecular weight is 410 g/mol. The molecule has 1 fully saturated rings. The predicted molar refractivity (Wildman–Crippen MR) is 115 cm³/mol. The number of pyridine rings is 1. The number of carbonyl (C=O) groups is 1. The maximum absolute atomic E-state index is 12.7. The molecule has 7 heteroatoms. The van der Waals surface area contributed by atoms with Crippen molar-refractivity contribution in [3.05, 3.63) is 60.4 Å². The summed E-state index contributed by atoms with van der Waals surface area (Å²) in [6, 6.07) is 11.9. The normalized spacial score (nSPS) is 14.7. The molecule has 0 radical (unpaired) electrons. The van der Waals surface area contributed by atoms with Crippen molar-refractivity contribution in [1.29, 1.82) is 0 Å². The number of benzene rings is 2. The van der Waals surface area contributed by atoms with Gasteiger partial charge in [0.15, 0.2) is 9.84 Å². The van der Waals surface area contributed by atoms with Crippen molar-refractivity contribution >= 4 is 37.9 Å². The third kappa shape index (κ3) is 4.10. The van der Waals surface area contributed by atoms with Gasteiger partial charge in [-0.05, 0) is 61.7 Å². The molecular formula is C22H23N3O3S. The number of rotatable bonds is 4. The SMILES string of the molecule is CS(=O)(=O)c1ccc(C(=O)Nc2ccc(N3CCCCC3)c3ccncc23)cc1. The Hall–Kier alpha value is -2.93. The van der Waals surface area contributed by atoms with Crippen molar-refractivity contribution in [2.24, 2.45) is 0 Å². The Kier molecular flexibility index (Phi) is 5.24. The van der Waals surface area contributed by atoms with Crippen LogP contribution >= 0.6 is 0 Å². The number of amides is 1. The molecule has 0 bridgehead atoms. The number of aromatic nitrogens is 1. The van der Waals surface area contributed by atoms with Crippen LogP contribution < -0.4 is 10.2 Å². The Morgan fingerprint density at radius 2 is 1.69 bits per heavy atom. The molecule has 2 heterocycles. The number of anilines is 2. The fourth-order valence-corrected chi connectivity index (χ4v) is 4.37. The van der Waals surface area contributed by atoms with E-state index in [1.165, 1.54) is 43.5 Å². The number of carbonyl (C=O) groups excluding carboxylic acids is 1. The lowest BCUT2D eigenvalue weighted by molar-refractivity contribution is 0.102. The van der Waals surface area contributed by atoms with Gasteiger partial charge in [0.05, 0.1) is 10.6 Å². The molecule has 1 amide bonds. The van der Waals surface area contributed by atoms with Crippen molar-refractivity contribution in [2.45, 2.75) is 24.2 Å². The molecule has 1 aliphatic heterocycles. The molecule has 0 spiro atoms. The molecule has 0 aliphatic carbocycles. The Bertz CT molecular complexity index is 1150. The highest BCUT2D eigenvalue weighted by Crippen LogP contribution is 2.33. The topological polar surface area (TPSA) is 79.4 Å². The van der Waals surface area contributed by atoms with Crippen LogP contribution in [-0.4, -0.2) is 38.7 Å². The van der Waals surface area contributed by atoms with E-state index in [0.29, 0.717) is 11.3 Å². The molecule has 0 atom stereocenters. The van der Waals surface area contributed by atoms with E-state index in [4.69, 9.17) is 0 Å². The number of sulfone groups is 1. The van der Waals surface area contributed by atoms with Crippen molar-refractivity contribution in [1.82, 2.24) is 4.98 Å². The second kappa shape index (κ2) is 7.83. The lowest BCUT2D eigenvalue weighted by atomic mass is 10.0. The van der Waals surface area contributed by atoms with Crippen LogP contribution in [0.5, 0.6) is 0 Å². The number of fused-ring (bicyclic) bond motifs is 1. The number of nitrogens with one attached hydrogen (secondary N) is 1. The molecule has 4 rings (SSSR count). The minimum atomic E-state index is -3.29. The van der Waals surface area contributed by atoms with Crippen LogP contribution in [0.2, 0.25) is 0 Å². The first-order valence-electron chi connectivity index (χ1n) is 9.67. The van der Waals surface area contributed by atoms with Crippen LogP contribution in [0.25, 0.3) is 10.8 Å². The maximum atomic E-state index is 12.7. The third-order valence-corrected chi connectivity index (χ3v) is 6.41. The van der Waals surface area contributed by atoms with Gasteiger partial charge in [-0.2, -0.15) is 0 Å². The van der Waals surface area contributed by atoms with Crippen molar-refractivity contribution in [3.63, 3.8) is 0 Å². The molecule has 0 unspecified atom stereocenters. The minimum absolute atomic E-state index is 0.189. The van der Waals surface area contributed by atoms with E-state index in [2.05, 4.69) is 21.3 Å². The van der Waals surface area contributed by atoms with E-state index in [-0.39, 0.29) is 10.8 Å². The molecule has 1 saturated heterocycles. The van der Waals surface area contributed by atoms with Crippen LogP contribution in [-0.2, 0) is 9.84 Å². The molecule has 0 saturated carbocycles. The van der Waals surface area contributed by atoms with Crippen molar-refractivity contribution in [3.8, 4) is 0 Å². The second-order valence-electron chi connectivity index (χ2n) is 7.35. The van der Waals surface area contributed by atoms with Crippen LogP contribution in [0.1, 0.15) is 29.6 Å². The lowest BCUT2D eigenvalue weighted by Crippen LogP contribution is -2.29. The standard InChI is InChI=1S/C22H23N3O3S/c1-29(27,28)17-7-5-16(6-8-17)22(26)24-20-9-10-21(25-13-3-2-4-14-25)18-11-12-23-15-19(18)20/h5-12,15H,2-4,13-14H2,1H3,(H,24,26). The highest BCUT2D eigenvalue weighted by atomic mass is 32.2. The quantitative estimate of drug-likeness (QED) is 0.707. The van der Waals surface area contributed by atoms with Crippen LogP contribution in [0, 0.1) is 0 Å². The van der Waals surface area contributed by atoms with E-state index in [1.807, 2.05) is 12.1 Å². The zero-order chi connectivity index (χ0) is 20.4. The van der Waals surface area contributed by atoms with Crippen molar-refractivity contribution < 1.29 is 13.2 Å². The zero-order valence-electron chi connectivity index (χ0n) is 16.3. The van der Waals surface area contributed by atoms with E-state index in [1.54, 1.807) is 12.4 Å². The summed E-state index contributed by atoms with van der Waals surface area (Å²) >= 11 is 0. The van der Waals surface area contributed by atoms with Crippen LogP contribution in [0.3, 0.4) is 0 Å². The molecule has 1 aromatic heterocycles. The van der Waals surface area contributed by atoms with Gasteiger partial charge >= 0.3 is 0 Å². The highest BCUT2D eigenvalue weighted by Gasteiger charge is 2.16. The van der Waals surface area contributed by atoms with Gasteiger partial charge in [0, 0.05) is 53.8 Å². The van der Waals surface area contributed by atoms with Gasteiger partial charge in [0.1, 0.15) is 0 Å². The lowest BCUT2D eigenvalue weighted by Gasteiger charge is -2.30. The molecule has 2 aromatic carbocycles. The fraction of sp³-hybridized carbons (Fsp3) is 0.273. The maximum Gasteiger partial charge on any atom is 0.255 e. The van der Waals surface area contributed by atoms with Gasteiger partial charge in [-0.3, -0.25) is 9.78 Å². The highest BCUT2D eigenvalue weighted by molar-refractivity contribution is 7.90. The Balaban J connectivity index is 1.63. The van der Waals surface area contributed by atoms with E-state index in [9.17, 15) is 13.2 Å². The monoisotopic (exact) mass is 409 g/mol. The summed E-state index contributed by atoms with van der Waals surface area (Å²) in [6.07, 6.45) is 8.33. The Morgan fingerprint density at radius 1 is 0.966 bits per heavy atom. The van der Waals surface area contributed by atoms with Gasteiger partial charge in [0.25, 0.3) is 5.91 Å². The van der Waals surface area contributed by atoms with Gasteiger partial charge < -0.3 is 10.2 Å². The molecule has 6 nitrogen and oxygen atoms in total. The second-order valence-corrected chi connectivity index (χ2v) is 9.37. The minimum Gasteiger partial charge on any atom is -0.371 e.